The van der Waals surface area contributed by atoms with Crippen LogP contribution in [0.3, 0.4) is 0 Å². The van der Waals surface area contributed by atoms with E-state index in [0.717, 1.165) is 10.6 Å². The number of hydrogen-bond donors (Lipinski definition) is 0. The molecular formula is C13H13N5OS. The number of aromatic nitrogens is 5. The van der Waals surface area contributed by atoms with Gasteiger partial charge in [0.05, 0.1) is 18.0 Å². The van der Waals surface area contributed by atoms with Crippen molar-refractivity contribution in [3.05, 3.63) is 52.2 Å². The molecule has 0 spiro atoms. The second-order valence-corrected chi connectivity index (χ2v) is 5.64. The van der Waals surface area contributed by atoms with Gasteiger partial charge in [-0.3, -0.25) is 9.48 Å². The molecule has 0 saturated heterocycles. The summed E-state index contributed by atoms with van der Waals surface area (Å²) in [6.45, 7) is 3.09. The van der Waals surface area contributed by atoms with Crippen LogP contribution in [0.1, 0.15) is 4.88 Å². The zero-order valence-corrected chi connectivity index (χ0v) is 11.7. The van der Waals surface area contributed by atoms with E-state index >= 15 is 0 Å². The van der Waals surface area contributed by atoms with Gasteiger partial charge in [0, 0.05) is 10.9 Å². The highest BCUT2D eigenvalue weighted by molar-refractivity contribution is 7.15. The van der Waals surface area contributed by atoms with Crippen LogP contribution in [0.4, 0.5) is 0 Å². The highest BCUT2D eigenvalue weighted by Crippen LogP contribution is 2.24. The first kappa shape index (κ1) is 12.7. The number of nitrogens with zero attached hydrogens (tertiary/aromatic N) is 5. The third-order valence-corrected chi connectivity index (χ3v) is 3.89. The molecule has 3 rings (SSSR count). The molecule has 0 amide bonds. The van der Waals surface area contributed by atoms with Gasteiger partial charge >= 0.3 is 0 Å². The minimum atomic E-state index is -0.109. The van der Waals surface area contributed by atoms with E-state index < -0.39 is 0 Å². The quantitative estimate of drug-likeness (QED) is 0.730. The van der Waals surface area contributed by atoms with Crippen molar-refractivity contribution in [1.82, 2.24) is 24.5 Å². The molecule has 0 aliphatic carbocycles. The average Bonchev–Trinajstić information content (AvgIpc) is 3.09. The van der Waals surface area contributed by atoms with Gasteiger partial charge in [0.2, 0.25) is 0 Å². The molecule has 0 atom stereocenters. The van der Waals surface area contributed by atoms with E-state index in [0.29, 0.717) is 13.1 Å². The topological polar surface area (TPSA) is 65.6 Å². The van der Waals surface area contributed by atoms with Crippen molar-refractivity contribution in [3.63, 3.8) is 0 Å². The van der Waals surface area contributed by atoms with Crippen LogP contribution in [0.15, 0.2) is 41.7 Å². The molecule has 6 nitrogen and oxygen atoms in total. The predicted molar refractivity (Wildman–Crippen MR) is 76.6 cm³/mol. The molecule has 0 aromatic carbocycles. The molecule has 0 aliphatic rings. The largest absolute Gasteiger partial charge is 0.268 e. The molecule has 3 aromatic rings. The Balaban J connectivity index is 1.85. The molecule has 0 N–H and O–H groups in total. The van der Waals surface area contributed by atoms with Crippen LogP contribution >= 0.6 is 11.3 Å². The highest BCUT2D eigenvalue weighted by Gasteiger charge is 2.05. The van der Waals surface area contributed by atoms with Crippen LogP contribution < -0.4 is 5.56 Å². The summed E-state index contributed by atoms with van der Waals surface area (Å²) in [4.78, 5) is 18.0. The Kier molecular flexibility index (Phi) is 3.42. The van der Waals surface area contributed by atoms with Gasteiger partial charge in [-0.25, -0.2) is 9.67 Å². The Morgan fingerprint density at radius 1 is 1.20 bits per heavy atom. The van der Waals surface area contributed by atoms with Gasteiger partial charge < -0.3 is 0 Å². The Morgan fingerprint density at radius 3 is 2.80 bits per heavy atom. The van der Waals surface area contributed by atoms with Crippen molar-refractivity contribution < 1.29 is 0 Å². The Bertz CT molecular complexity index is 759. The molecule has 0 unspecified atom stereocenters. The Hall–Kier alpha value is -2.28. The first-order valence-corrected chi connectivity index (χ1v) is 7.01. The van der Waals surface area contributed by atoms with E-state index in [1.165, 1.54) is 15.9 Å². The van der Waals surface area contributed by atoms with Crippen LogP contribution in [0.5, 0.6) is 0 Å². The SMILES string of the molecule is Cc1ccc(-c2ccc(=O)n(CCn3cncn3)n2)s1. The summed E-state index contributed by atoms with van der Waals surface area (Å²) in [6, 6.07) is 7.39. The molecule has 0 aliphatic heterocycles. The maximum absolute atomic E-state index is 11.8. The first-order chi connectivity index (χ1) is 9.72. The van der Waals surface area contributed by atoms with Crippen molar-refractivity contribution in [1.29, 1.82) is 0 Å². The summed E-state index contributed by atoms with van der Waals surface area (Å²) in [5, 5.41) is 8.42. The number of thiophene rings is 1. The molecule has 0 radical (unpaired) electrons. The van der Waals surface area contributed by atoms with Crippen molar-refractivity contribution >= 4 is 11.3 Å². The third kappa shape index (κ3) is 2.67. The number of hydrogen-bond acceptors (Lipinski definition) is 5. The summed E-state index contributed by atoms with van der Waals surface area (Å²) in [7, 11) is 0. The Labute approximate surface area is 119 Å². The van der Waals surface area contributed by atoms with E-state index in [9.17, 15) is 4.79 Å². The minimum Gasteiger partial charge on any atom is -0.268 e. The van der Waals surface area contributed by atoms with Crippen LogP contribution in [0, 0.1) is 6.92 Å². The number of aryl methyl sites for hydroxylation is 3. The predicted octanol–water partition coefficient (Wildman–Crippen LogP) is 1.57. The molecule has 20 heavy (non-hydrogen) atoms. The highest BCUT2D eigenvalue weighted by atomic mass is 32.1. The zero-order valence-electron chi connectivity index (χ0n) is 10.9. The zero-order chi connectivity index (χ0) is 13.9. The fourth-order valence-electron chi connectivity index (χ4n) is 1.86. The van der Waals surface area contributed by atoms with Crippen LogP contribution in [0.25, 0.3) is 10.6 Å². The monoisotopic (exact) mass is 287 g/mol. The van der Waals surface area contributed by atoms with Gasteiger partial charge in [0.25, 0.3) is 5.56 Å². The van der Waals surface area contributed by atoms with E-state index in [2.05, 4.69) is 22.1 Å². The lowest BCUT2D eigenvalue weighted by Gasteiger charge is -2.06. The molecule has 0 bridgehead atoms. The van der Waals surface area contributed by atoms with E-state index in [4.69, 9.17) is 0 Å². The summed E-state index contributed by atoms with van der Waals surface area (Å²) in [6.07, 6.45) is 3.10. The second kappa shape index (κ2) is 5.38. The van der Waals surface area contributed by atoms with E-state index in [-0.39, 0.29) is 5.56 Å². The maximum Gasteiger partial charge on any atom is 0.266 e. The molecule has 3 heterocycles. The number of rotatable bonds is 4. The van der Waals surface area contributed by atoms with Crippen LogP contribution in [0.2, 0.25) is 0 Å². The average molecular weight is 287 g/mol. The second-order valence-electron chi connectivity index (χ2n) is 4.35. The van der Waals surface area contributed by atoms with E-state index in [1.54, 1.807) is 34.5 Å². The van der Waals surface area contributed by atoms with Gasteiger partial charge in [-0.1, -0.05) is 0 Å². The van der Waals surface area contributed by atoms with Crippen LogP contribution in [-0.2, 0) is 13.1 Å². The van der Waals surface area contributed by atoms with Gasteiger partial charge in [-0.15, -0.1) is 11.3 Å². The summed E-state index contributed by atoms with van der Waals surface area (Å²) in [5.41, 5.74) is 0.712. The lowest BCUT2D eigenvalue weighted by Crippen LogP contribution is -2.24. The normalized spacial score (nSPS) is 10.8. The smallest absolute Gasteiger partial charge is 0.266 e. The first-order valence-electron chi connectivity index (χ1n) is 6.20. The van der Waals surface area contributed by atoms with Gasteiger partial charge in [0.15, 0.2) is 0 Å². The van der Waals surface area contributed by atoms with E-state index in [1.807, 2.05) is 12.1 Å². The van der Waals surface area contributed by atoms with Crippen molar-refractivity contribution in [3.8, 4) is 10.6 Å². The third-order valence-electron chi connectivity index (χ3n) is 2.87. The molecule has 0 saturated carbocycles. The molecule has 3 aromatic heterocycles. The molecular weight excluding hydrogens is 274 g/mol. The van der Waals surface area contributed by atoms with Gasteiger partial charge in [-0.2, -0.15) is 10.2 Å². The minimum absolute atomic E-state index is 0.109. The lowest BCUT2D eigenvalue weighted by atomic mass is 10.3. The standard InChI is InChI=1S/C13H13N5OS/c1-10-2-4-12(20-10)11-3-5-13(19)18(16-11)7-6-17-9-14-8-15-17/h2-5,8-9H,6-7H2,1H3. The molecule has 7 heteroatoms. The fraction of sp³-hybridized carbons (Fsp3) is 0.231. The van der Waals surface area contributed by atoms with Crippen molar-refractivity contribution in [2.75, 3.05) is 0 Å². The lowest BCUT2D eigenvalue weighted by molar-refractivity contribution is 0.483. The summed E-state index contributed by atoms with van der Waals surface area (Å²) < 4.78 is 3.14. The van der Waals surface area contributed by atoms with Crippen molar-refractivity contribution in [2.45, 2.75) is 20.0 Å². The van der Waals surface area contributed by atoms with Crippen molar-refractivity contribution in [2.24, 2.45) is 0 Å². The van der Waals surface area contributed by atoms with Crippen LogP contribution in [-0.4, -0.2) is 24.5 Å². The molecule has 0 fully saturated rings. The Morgan fingerprint density at radius 2 is 2.10 bits per heavy atom. The summed E-state index contributed by atoms with van der Waals surface area (Å²) >= 11 is 1.67. The fourth-order valence-corrected chi connectivity index (χ4v) is 2.69. The van der Waals surface area contributed by atoms with Gasteiger partial charge in [-0.05, 0) is 25.1 Å². The van der Waals surface area contributed by atoms with Gasteiger partial charge in [0.1, 0.15) is 18.3 Å². The maximum atomic E-state index is 11.8. The molecule has 102 valence electrons. The summed E-state index contributed by atoms with van der Waals surface area (Å²) in [5.74, 6) is 0.